The molecule has 0 spiro atoms. The van der Waals surface area contributed by atoms with Gasteiger partial charge in [-0.05, 0) is 6.92 Å². The van der Waals surface area contributed by atoms with Gasteiger partial charge in [0.05, 0.1) is 46.1 Å². The topological polar surface area (TPSA) is 135 Å². The molecule has 0 radical (unpaired) electrons. The number of rotatable bonds is 17. The van der Waals surface area contributed by atoms with Crippen LogP contribution in [0.25, 0.3) is 0 Å². The van der Waals surface area contributed by atoms with Gasteiger partial charge in [-0.15, -0.1) is 0 Å². The molecule has 0 rings (SSSR count). The first kappa shape index (κ1) is 24.7. The normalized spacial score (nSPS) is 10.3. The maximum absolute atomic E-state index is 11.2. The van der Waals surface area contributed by atoms with Gasteiger partial charge < -0.3 is 28.8 Å². The van der Waals surface area contributed by atoms with E-state index in [0.29, 0.717) is 32.0 Å². The van der Waals surface area contributed by atoms with Gasteiger partial charge in [0, 0.05) is 12.0 Å². The molecule has 0 aliphatic heterocycles. The predicted molar refractivity (Wildman–Crippen MR) is 91.1 cm³/mol. The Balaban J connectivity index is 3.30. The van der Waals surface area contributed by atoms with Crippen LogP contribution in [0.5, 0.6) is 0 Å². The number of aliphatic carboxylic acids is 1. The molecule has 1 N–H and O–H groups in total. The van der Waals surface area contributed by atoms with Crippen molar-refractivity contribution in [3.8, 4) is 0 Å². The molecule has 0 aromatic carbocycles. The van der Waals surface area contributed by atoms with E-state index in [2.05, 4.69) is 6.58 Å². The molecule has 0 aromatic rings. The highest BCUT2D eigenvalue weighted by Crippen LogP contribution is 1.95. The van der Waals surface area contributed by atoms with Gasteiger partial charge in [0.15, 0.2) is 0 Å². The highest BCUT2D eigenvalue weighted by molar-refractivity contribution is 6.32. The van der Waals surface area contributed by atoms with Crippen LogP contribution in [-0.2, 0) is 42.9 Å². The van der Waals surface area contributed by atoms with Crippen LogP contribution in [0.4, 0.5) is 0 Å². The second-order valence-corrected chi connectivity index (χ2v) is 5.20. The summed E-state index contributed by atoms with van der Waals surface area (Å²) in [5.41, 5.74) is 0.335. The van der Waals surface area contributed by atoms with Crippen LogP contribution in [-0.4, -0.2) is 81.7 Å². The number of carboxylic acid groups (broad SMARTS) is 1. The van der Waals surface area contributed by atoms with Crippen molar-refractivity contribution in [1.82, 2.24) is 0 Å². The van der Waals surface area contributed by atoms with Crippen molar-refractivity contribution < 1.29 is 48.0 Å². The van der Waals surface area contributed by atoms with Crippen molar-refractivity contribution in [2.24, 2.45) is 0 Å². The van der Waals surface area contributed by atoms with E-state index in [1.165, 1.54) is 0 Å². The van der Waals surface area contributed by atoms with Gasteiger partial charge in [-0.3, -0.25) is 9.59 Å². The Bertz CT molecular complexity index is 500. The van der Waals surface area contributed by atoms with E-state index in [9.17, 15) is 19.2 Å². The van der Waals surface area contributed by atoms with Crippen LogP contribution in [0.15, 0.2) is 12.2 Å². The fraction of sp³-hybridized carbons (Fsp3) is 0.647. The van der Waals surface area contributed by atoms with Crippen molar-refractivity contribution in [2.75, 3.05) is 52.9 Å². The van der Waals surface area contributed by atoms with Crippen LogP contribution in [0.2, 0.25) is 0 Å². The second kappa shape index (κ2) is 15.9. The maximum Gasteiger partial charge on any atom is 0.372 e. The Hall–Kier alpha value is -2.30. The number of carboxylic acids is 1. The molecule has 0 heterocycles. The van der Waals surface area contributed by atoms with Crippen LogP contribution >= 0.6 is 0 Å². The molecule has 10 heteroatoms. The van der Waals surface area contributed by atoms with Crippen molar-refractivity contribution in [3.05, 3.63) is 12.2 Å². The Morgan fingerprint density at radius 3 is 1.63 bits per heavy atom. The van der Waals surface area contributed by atoms with E-state index >= 15 is 0 Å². The maximum atomic E-state index is 11.2. The first-order valence-corrected chi connectivity index (χ1v) is 8.32. The first-order valence-electron chi connectivity index (χ1n) is 8.32. The largest absolute Gasteiger partial charge is 0.476 e. The van der Waals surface area contributed by atoms with E-state index in [4.69, 9.17) is 28.8 Å². The molecule has 0 atom stereocenters. The van der Waals surface area contributed by atoms with Gasteiger partial charge >= 0.3 is 17.9 Å². The smallest absolute Gasteiger partial charge is 0.372 e. The fourth-order valence-corrected chi connectivity index (χ4v) is 1.47. The van der Waals surface area contributed by atoms with Crippen LogP contribution < -0.4 is 0 Å². The van der Waals surface area contributed by atoms with E-state index in [1.807, 2.05) is 0 Å². The standard InChI is InChI=1S/C17H26O10/c1-13(2)17(22)27-12-10-25-8-6-23-5-7-24-9-11-26-15(19)4-3-14(18)16(20)21/h1,3-12H2,2H3,(H,20,21). The average Bonchev–Trinajstić information content (AvgIpc) is 2.62. The molecule has 10 nitrogen and oxygen atoms in total. The number of carbonyl (C=O) groups is 4. The number of hydrogen-bond acceptors (Lipinski definition) is 9. The van der Waals surface area contributed by atoms with Gasteiger partial charge in [-0.25, -0.2) is 9.59 Å². The summed E-state index contributed by atoms with van der Waals surface area (Å²) in [6.45, 7) is 6.92. The predicted octanol–water partition coefficient (Wildman–Crippen LogP) is 0.133. The number of esters is 2. The third kappa shape index (κ3) is 15.7. The zero-order valence-corrected chi connectivity index (χ0v) is 15.4. The number of Topliss-reactive ketones (excluding diaryl/α,β-unsaturated/α-hetero) is 1. The molecule has 0 aliphatic rings. The minimum atomic E-state index is -1.57. The van der Waals surface area contributed by atoms with Gasteiger partial charge in [0.1, 0.15) is 13.2 Å². The SMILES string of the molecule is C=C(C)C(=O)OCCOCCOCCOCCOC(=O)CCC(=O)C(=O)O. The average molecular weight is 390 g/mol. The summed E-state index contributed by atoms with van der Waals surface area (Å²) in [4.78, 5) is 43.4. The molecule has 0 saturated carbocycles. The first-order chi connectivity index (χ1) is 12.8. The van der Waals surface area contributed by atoms with Crippen LogP contribution in [0, 0.1) is 0 Å². The Labute approximate surface area is 157 Å². The van der Waals surface area contributed by atoms with Crippen LogP contribution in [0.3, 0.4) is 0 Å². The summed E-state index contributed by atoms with van der Waals surface area (Å²) < 4.78 is 25.2. The Morgan fingerprint density at radius 2 is 1.19 bits per heavy atom. The van der Waals surface area contributed by atoms with Crippen LogP contribution in [0.1, 0.15) is 19.8 Å². The molecular weight excluding hydrogens is 364 g/mol. The molecule has 27 heavy (non-hydrogen) atoms. The summed E-state index contributed by atoms with van der Waals surface area (Å²) in [5, 5.41) is 8.36. The number of carbonyl (C=O) groups excluding carboxylic acids is 3. The monoisotopic (exact) mass is 390 g/mol. The number of ketones is 1. The minimum Gasteiger partial charge on any atom is -0.476 e. The molecule has 0 amide bonds. The van der Waals surface area contributed by atoms with E-state index < -0.39 is 23.7 Å². The summed E-state index contributed by atoms with van der Waals surface area (Å²) in [7, 11) is 0. The van der Waals surface area contributed by atoms with Crippen molar-refractivity contribution in [1.29, 1.82) is 0 Å². The fourth-order valence-electron chi connectivity index (χ4n) is 1.47. The molecule has 0 unspecified atom stereocenters. The third-order valence-corrected chi connectivity index (χ3v) is 2.84. The molecule has 0 fully saturated rings. The third-order valence-electron chi connectivity index (χ3n) is 2.84. The molecule has 0 bridgehead atoms. The zero-order valence-electron chi connectivity index (χ0n) is 15.4. The van der Waals surface area contributed by atoms with Gasteiger partial charge in [-0.2, -0.15) is 0 Å². The molecule has 0 aliphatic carbocycles. The lowest BCUT2D eigenvalue weighted by Crippen LogP contribution is -2.17. The van der Waals surface area contributed by atoms with Crippen molar-refractivity contribution in [3.63, 3.8) is 0 Å². The summed E-state index contributed by atoms with van der Waals surface area (Å²) in [6, 6.07) is 0. The number of ether oxygens (including phenoxy) is 5. The number of hydrogen-bond donors (Lipinski definition) is 1. The van der Waals surface area contributed by atoms with Gasteiger partial charge in [0.25, 0.3) is 0 Å². The summed E-state index contributed by atoms with van der Waals surface area (Å²) in [6.07, 6.45) is -0.665. The highest BCUT2D eigenvalue weighted by Gasteiger charge is 2.14. The second-order valence-electron chi connectivity index (χ2n) is 5.20. The lowest BCUT2D eigenvalue weighted by Gasteiger charge is -2.08. The molecular formula is C17H26O10. The lowest BCUT2D eigenvalue weighted by molar-refractivity contribution is -0.151. The zero-order chi connectivity index (χ0) is 20.5. The Kier molecular flexibility index (Phi) is 14.6. The van der Waals surface area contributed by atoms with E-state index in [1.54, 1.807) is 6.92 Å². The molecule has 0 aromatic heterocycles. The highest BCUT2D eigenvalue weighted by atomic mass is 16.6. The summed E-state index contributed by atoms with van der Waals surface area (Å²) >= 11 is 0. The van der Waals surface area contributed by atoms with E-state index in [0.717, 1.165) is 0 Å². The summed E-state index contributed by atoms with van der Waals surface area (Å²) in [5.74, 6) is -3.71. The van der Waals surface area contributed by atoms with Gasteiger partial charge in [0.2, 0.25) is 5.78 Å². The Morgan fingerprint density at radius 1 is 0.741 bits per heavy atom. The minimum absolute atomic E-state index is 0.00606. The molecule has 0 saturated heterocycles. The van der Waals surface area contributed by atoms with Crippen molar-refractivity contribution in [2.45, 2.75) is 19.8 Å². The van der Waals surface area contributed by atoms with E-state index in [-0.39, 0.29) is 39.3 Å². The lowest BCUT2D eigenvalue weighted by atomic mass is 10.2. The quantitative estimate of drug-likeness (QED) is 0.158. The molecule has 154 valence electrons. The van der Waals surface area contributed by atoms with Gasteiger partial charge in [-0.1, -0.05) is 6.58 Å². The van der Waals surface area contributed by atoms with Crippen molar-refractivity contribution >= 4 is 23.7 Å².